The lowest BCUT2D eigenvalue weighted by molar-refractivity contribution is -0.115. The second-order valence-electron chi connectivity index (χ2n) is 8.93. The molecule has 38 heavy (non-hydrogen) atoms. The first-order valence-corrected chi connectivity index (χ1v) is 12.2. The highest BCUT2D eigenvalue weighted by molar-refractivity contribution is 6.30. The number of hydrogen-bond donors (Lipinski definition) is 2. The van der Waals surface area contributed by atoms with E-state index in [9.17, 15) is 10.1 Å². The molecule has 5 aromatic rings. The second kappa shape index (κ2) is 9.87. The molecule has 1 saturated carbocycles. The molecule has 4 heterocycles. The monoisotopic (exact) mass is 525 g/mol. The van der Waals surface area contributed by atoms with Crippen LogP contribution in [0.1, 0.15) is 41.1 Å². The van der Waals surface area contributed by atoms with E-state index in [-0.39, 0.29) is 12.3 Å². The number of carbonyl (C=O) groups excluding carboxylic acids is 1. The molecule has 188 valence electrons. The third-order valence-electron chi connectivity index (χ3n) is 6.17. The SMILES string of the molecule is N#Cc1cc(C2CC2)cn2cc(CNc3cc(NC(=O)Cc4cc(Cl)ccc4-n4cnnn4)ncn3)nc12. The molecule has 1 aliphatic carbocycles. The molecule has 13 heteroatoms. The van der Waals surface area contributed by atoms with Gasteiger partial charge < -0.3 is 15.0 Å². The molecule has 6 rings (SSSR count). The first kappa shape index (κ1) is 23.5. The molecule has 0 unspecified atom stereocenters. The standard InChI is InChI=1S/C25H20ClN11O/c26-19-3-4-21(37-14-31-34-35-37)16(6-19)7-24(38)33-23-8-22(29-13-30-23)28-10-20-12-36-11-18(15-1-2-15)5-17(9-27)25(36)32-20/h3-6,8,11-15H,1-2,7,10H2,(H2,28,29,30,33,38). The molecule has 0 saturated heterocycles. The Morgan fingerprint density at radius 3 is 2.82 bits per heavy atom. The summed E-state index contributed by atoms with van der Waals surface area (Å²) in [5.41, 5.74) is 4.43. The van der Waals surface area contributed by atoms with Gasteiger partial charge in [-0.2, -0.15) is 5.26 Å². The van der Waals surface area contributed by atoms with Crippen molar-refractivity contribution in [3.8, 4) is 11.8 Å². The number of fused-ring (bicyclic) bond motifs is 1. The Balaban J connectivity index is 1.13. The second-order valence-corrected chi connectivity index (χ2v) is 9.37. The molecule has 4 aromatic heterocycles. The van der Waals surface area contributed by atoms with E-state index in [1.54, 1.807) is 24.3 Å². The quantitative estimate of drug-likeness (QED) is 0.311. The van der Waals surface area contributed by atoms with Gasteiger partial charge >= 0.3 is 0 Å². The van der Waals surface area contributed by atoms with Gasteiger partial charge in [-0.15, -0.1) is 5.10 Å². The van der Waals surface area contributed by atoms with E-state index in [1.807, 2.05) is 22.9 Å². The number of pyridine rings is 1. The number of imidazole rings is 1. The number of rotatable bonds is 8. The van der Waals surface area contributed by atoms with E-state index in [2.05, 4.69) is 47.2 Å². The number of carbonyl (C=O) groups is 1. The van der Waals surface area contributed by atoms with E-state index in [4.69, 9.17) is 11.6 Å². The zero-order valence-corrected chi connectivity index (χ0v) is 20.7. The van der Waals surface area contributed by atoms with Crippen molar-refractivity contribution in [2.75, 3.05) is 10.6 Å². The Morgan fingerprint density at radius 2 is 2.03 bits per heavy atom. The minimum atomic E-state index is -0.290. The number of nitriles is 1. The zero-order valence-electron chi connectivity index (χ0n) is 19.9. The fourth-order valence-corrected chi connectivity index (χ4v) is 4.43. The van der Waals surface area contributed by atoms with Crippen molar-refractivity contribution in [3.63, 3.8) is 0 Å². The Kier molecular flexibility index (Phi) is 6.11. The van der Waals surface area contributed by atoms with Gasteiger partial charge in [-0.3, -0.25) is 4.79 Å². The molecule has 1 amide bonds. The molecular formula is C25H20ClN11O. The number of aromatic nitrogens is 8. The number of tetrazole rings is 1. The highest BCUT2D eigenvalue weighted by Gasteiger charge is 2.25. The van der Waals surface area contributed by atoms with Gasteiger partial charge in [0.05, 0.1) is 29.9 Å². The molecule has 1 fully saturated rings. The molecule has 1 aliphatic rings. The largest absolute Gasteiger partial charge is 0.364 e. The van der Waals surface area contributed by atoms with Gasteiger partial charge in [0.25, 0.3) is 0 Å². The molecule has 0 aliphatic heterocycles. The molecule has 1 aromatic carbocycles. The lowest BCUT2D eigenvalue weighted by Gasteiger charge is -2.10. The van der Waals surface area contributed by atoms with Crippen LogP contribution in [-0.4, -0.2) is 45.5 Å². The van der Waals surface area contributed by atoms with Crippen LogP contribution in [0.25, 0.3) is 11.3 Å². The molecule has 12 nitrogen and oxygen atoms in total. The van der Waals surface area contributed by atoms with Gasteiger partial charge in [0.15, 0.2) is 5.65 Å². The van der Waals surface area contributed by atoms with Crippen molar-refractivity contribution in [1.29, 1.82) is 5.26 Å². The normalized spacial score (nSPS) is 12.8. The third kappa shape index (κ3) is 5.00. The maximum absolute atomic E-state index is 12.8. The third-order valence-corrected chi connectivity index (χ3v) is 6.40. The first-order valence-electron chi connectivity index (χ1n) is 11.8. The van der Waals surface area contributed by atoms with E-state index in [0.29, 0.717) is 51.6 Å². The summed E-state index contributed by atoms with van der Waals surface area (Å²) in [5.74, 6) is 1.11. The minimum absolute atomic E-state index is 0.0356. The van der Waals surface area contributed by atoms with Crippen LogP contribution in [0.15, 0.2) is 55.4 Å². The topological polar surface area (TPSA) is 152 Å². The number of anilines is 2. The van der Waals surface area contributed by atoms with Gasteiger partial charge in [-0.25, -0.2) is 19.6 Å². The van der Waals surface area contributed by atoms with Crippen molar-refractivity contribution >= 4 is 34.8 Å². The van der Waals surface area contributed by atoms with Gasteiger partial charge in [-0.1, -0.05) is 11.6 Å². The van der Waals surface area contributed by atoms with Crippen molar-refractivity contribution in [1.82, 2.24) is 39.6 Å². The zero-order chi connectivity index (χ0) is 26.1. The summed E-state index contributed by atoms with van der Waals surface area (Å²) >= 11 is 6.15. The average molecular weight is 526 g/mol. The van der Waals surface area contributed by atoms with Gasteiger partial charge in [-0.05, 0) is 64.6 Å². The number of benzene rings is 1. The Morgan fingerprint density at radius 1 is 1.16 bits per heavy atom. The lowest BCUT2D eigenvalue weighted by Crippen LogP contribution is -2.17. The number of nitrogens with one attached hydrogen (secondary N) is 2. The summed E-state index contributed by atoms with van der Waals surface area (Å²) in [4.78, 5) is 25.8. The summed E-state index contributed by atoms with van der Waals surface area (Å²) in [6.07, 6.45) is 9.12. The fourth-order valence-electron chi connectivity index (χ4n) is 4.23. The number of hydrogen-bond acceptors (Lipinski definition) is 9. The van der Waals surface area contributed by atoms with E-state index in [1.165, 1.54) is 22.9 Å². The lowest BCUT2D eigenvalue weighted by atomic mass is 10.1. The summed E-state index contributed by atoms with van der Waals surface area (Å²) in [6.45, 7) is 0.382. The number of halogens is 1. The van der Waals surface area contributed by atoms with Crippen molar-refractivity contribution in [2.45, 2.75) is 31.7 Å². The smallest absolute Gasteiger partial charge is 0.230 e. The van der Waals surface area contributed by atoms with Gasteiger partial charge in [0.2, 0.25) is 5.91 Å². The number of amides is 1. The van der Waals surface area contributed by atoms with Crippen molar-refractivity contribution in [2.24, 2.45) is 0 Å². The van der Waals surface area contributed by atoms with Crippen molar-refractivity contribution < 1.29 is 4.79 Å². The molecule has 0 bridgehead atoms. The van der Waals surface area contributed by atoms with Gasteiger partial charge in [0, 0.05) is 23.5 Å². The van der Waals surface area contributed by atoms with E-state index >= 15 is 0 Å². The molecule has 2 N–H and O–H groups in total. The van der Waals surface area contributed by atoms with Crippen LogP contribution in [0.2, 0.25) is 5.02 Å². The van der Waals surface area contributed by atoms with Crippen LogP contribution in [-0.2, 0) is 17.8 Å². The van der Waals surface area contributed by atoms with Crippen LogP contribution in [0.3, 0.4) is 0 Å². The van der Waals surface area contributed by atoms with Crippen LogP contribution in [0.5, 0.6) is 0 Å². The first-order chi connectivity index (χ1) is 18.6. The molecule has 0 spiro atoms. The highest BCUT2D eigenvalue weighted by atomic mass is 35.5. The van der Waals surface area contributed by atoms with Gasteiger partial charge in [0.1, 0.15) is 30.4 Å². The molecule has 0 atom stereocenters. The predicted octanol–water partition coefficient (Wildman–Crippen LogP) is 3.30. The number of nitrogens with zero attached hydrogens (tertiary/aromatic N) is 9. The molecule has 0 radical (unpaired) electrons. The maximum Gasteiger partial charge on any atom is 0.230 e. The fraction of sp³-hybridized carbons (Fsp3) is 0.200. The average Bonchev–Trinajstić information content (AvgIpc) is 3.45. The Hall–Kier alpha value is -4.89. The van der Waals surface area contributed by atoms with E-state index < -0.39 is 0 Å². The summed E-state index contributed by atoms with van der Waals surface area (Å²) in [6, 6.07) is 11.0. The van der Waals surface area contributed by atoms with Crippen LogP contribution >= 0.6 is 11.6 Å². The maximum atomic E-state index is 12.8. The van der Waals surface area contributed by atoms with E-state index in [0.717, 1.165) is 18.5 Å². The summed E-state index contributed by atoms with van der Waals surface area (Å²) in [7, 11) is 0. The summed E-state index contributed by atoms with van der Waals surface area (Å²) in [5, 5.41) is 27.2. The molecular weight excluding hydrogens is 506 g/mol. The Bertz CT molecular complexity index is 1690. The Labute approximate surface area is 221 Å². The minimum Gasteiger partial charge on any atom is -0.364 e. The van der Waals surface area contributed by atoms with Crippen LogP contribution in [0, 0.1) is 11.3 Å². The predicted molar refractivity (Wildman–Crippen MR) is 138 cm³/mol. The summed E-state index contributed by atoms with van der Waals surface area (Å²) < 4.78 is 3.38. The van der Waals surface area contributed by atoms with Crippen LogP contribution in [0.4, 0.5) is 11.6 Å². The van der Waals surface area contributed by atoms with Crippen LogP contribution < -0.4 is 10.6 Å². The van der Waals surface area contributed by atoms with Crippen molar-refractivity contribution in [3.05, 3.63) is 82.8 Å². The highest BCUT2D eigenvalue weighted by Crippen LogP contribution is 2.40.